The van der Waals surface area contributed by atoms with Crippen LogP contribution in [0.5, 0.6) is 5.75 Å². The average Bonchev–Trinajstić information content (AvgIpc) is 2.52. The van der Waals surface area contributed by atoms with Gasteiger partial charge in [0.15, 0.2) is 0 Å². The van der Waals surface area contributed by atoms with Gasteiger partial charge in [0.05, 0.1) is 22.2 Å². The van der Waals surface area contributed by atoms with Crippen LogP contribution in [0.25, 0.3) is 0 Å². The minimum atomic E-state index is -4.48. The van der Waals surface area contributed by atoms with E-state index in [1.807, 2.05) is 6.07 Å². The lowest BCUT2D eigenvalue weighted by atomic mass is 10.1. The van der Waals surface area contributed by atoms with Gasteiger partial charge in [-0.05, 0) is 42.0 Å². The normalized spacial score (nSPS) is 10.9. The molecule has 0 amide bonds. The van der Waals surface area contributed by atoms with Crippen LogP contribution in [0.1, 0.15) is 27.0 Å². The quantitative estimate of drug-likeness (QED) is 0.763. The number of carbonyl (C=O) groups excluding carboxylic acids is 1. The minimum absolute atomic E-state index is 0.0402. The fraction of sp³-hybridized carbons (Fsp3) is 0.125. The number of carbonyl (C=O) groups is 1. The molecule has 0 bridgehead atoms. The molecule has 0 saturated carbocycles. The van der Waals surface area contributed by atoms with Crippen molar-refractivity contribution in [3.05, 3.63) is 63.7 Å². The molecule has 7 heteroatoms. The van der Waals surface area contributed by atoms with Gasteiger partial charge in [-0.25, -0.2) is 0 Å². The number of aldehydes is 1. The molecule has 0 aromatic heterocycles. The van der Waals surface area contributed by atoms with Crippen LogP contribution in [0.15, 0.2) is 36.4 Å². The number of benzene rings is 2. The Kier molecular flexibility index (Phi) is 4.92. The van der Waals surface area contributed by atoms with Crippen LogP contribution in [0.3, 0.4) is 0 Å². The van der Waals surface area contributed by atoms with E-state index in [1.165, 1.54) is 18.2 Å². The highest BCUT2D eigenvalue weighted by molar-refractivity contribution is 6.32. The zero-order chi connectivity index (χ0) is 17.0. The number of rotatable bonds is 4. The molecule has 0 unspecified atom stereocenters. The Balaban J connectivity index is 2.18. The smallest absolute Gasteiger partial charge is 0.416 e. The van der Waals surface area contributed by atoms with Gasteiger partial charge in [0.25, 0.3) is 0 Å². The fourth-order valence-electron chi connectivity index (χ4n) is 1.89. The van der Waals surface area contributed by atoms with E-state index in [9.17, 15) is 18.0 Å². The molecule has 0 aliphatic heterocycles. The zero-order valence-corrected chi connectivity index (χ0v) is 12.3. The monoisotopic (exact) mass is 339 g/mol. The van der Waals surface area contributed by atoms with Gasteiger partial charge in [-0.1, -0.05) is 11.6 Å². The standard InChI is InChI=1S/C16H9ClF3NO2/c17-14-6-13(16(18,19)20)1-2-15(14)23-9-12-4-10(7-21)3-11(5-12)8-22/h1-6,8H,9H2. The van der Waals surface area contributed by atoms with Crippen molar-refractivity contribution in [2.75, 3.05) is 0 Å². The summed E-state index contributed by atoms with van der Waals surface area (Å²) in [4.78, 5) is 10.8. The number of alkyl halides is 3. The fourth-order valence-corrected chi connectivity index (χ4v) is 2.12. The Morgan fingerprint density at radius 3 is 2.52 bits per heavy atom. The Labute approximate surface area is 134 Å². The second-order valence-electron chi connectivity index (χ2n) is 4.62. The van der Waals surface area contributed by atoms with Gasteiger partial charge in [0, 0.05) is 5.56 Å². The van der Waals surface area contributed by atoms with Gasteiger partial charge < -0.3 is 4.74 Å². The van der Waals surface area contributed by atoms with Crippen molar-refractivity contribution in [2.45, 2.75) is 12.8 Å². The van der Waals surface area contributed by atoms with Crippen molar-refractivity contribution < 1.29 is 22.7 Å². The first-order valence-electron chi connectivity index (χ1n) is 6.32. The average molecular weight is 340 g/mol. The highest BCUT2D eigenvalue weighted by Gasteiger charge is 2.31. The molecule has 2 rings (SSSR count). The van der Waals surface area contributed by atoms with Crippen LogP contribution in [-0.4, -0.2) is 6.29 Å². The van der Waals surface area contributed by atoms with Crippen LogP contribution in [0.4, 0.5) is 13.2 Å². The summed E-state index contributed by atoms with van der Waals surface area (Å²) in [5.74, 6) is 0.0784. The molecule has 0 aliphatic carbocycles. The molecule has 0 N–H and O–H groups in total. The van der Waals surface area contributed by atoms with Crippen LogP contribution < -0.4 is 4.74 Å². The van der Waals surface area contributed by atoms with E-state index in [-0.39, 0.29) is 22.9 Å². The number of ether oxygens (including phenoxy) is 1. The number of hydrogen-bond donors (Lipinski definition) is 0. The SMILES string of the molecule is N#Cc1cc(C=O)cc(COc2ccc(C(F)(F)F)cc2Cl)c1. The van der Waals surface area contributed by atoms with E-state index in [1.54, 1.807) is 0 Å². The third kappa shape index (κ3) is 4.24. The number of halogens is 4. The number of nitriles is 1. The van der Waals surface area contributed by atoms with Crippen LogP contribution in [-0.2, 0) is 12.8 Å². The van der Waals surface area contributed by atoms with Crippen molar-refractivity contribution in [2.24, 2.45) is 0 Å². The zero-order valence-electron chi connectivity index (χ0n) is 11.5. The topological polar surface area (TPSA) is 50.1 Å². The van der Waals surface area contributed by atoms with Crippen LogP contribution in [0.2, 0.25) is 5.02 Å². The second kappa shape index (κ2) is 6.71. The molecule has 0 heterocycles. The molecular weight excluding hydrogens is 331 g/mol. The van der Waals surface area contributed by atoms with Crippen molar-refractivity contribution in [3.63, 3.8) is 0 Å². The lowest BCUT2D eigenvalue weighted by Gasteiger charge is -2.11. The summed E-state index contributed by atoms with van der Waals surface area (Å²) in [6.07, 6.45) is -3.89. The predicted molar refractivity (Wildman–Crippen MR) is 77.3 cm³/mol. The lowest BCUT2D eigenvalue weighted by molar-refractivity contribution is -0.137. The molecule has 23 heavy (non-hydrogen) atoms. The molecule has 0 fully saturated rings. The maximum atomic E-state index is 12.6. The first-order chi connectivity index (χ1) is 10.8. The van der Waals surface area contributed by atoms with E-state index in [2.05, 4.69) is 0 Å². The molecule has 118 valence electrons. The van der Waals surface area contributed by atoms with Crippen LogP contribution in [0, 0.1) is 11.3 Å². The third-order valence-electron chi connectivity index (χ3n) is 2.93. The minimum Gasteiger partial charge on any atom is -0.487 e. The summed E-state index contributed by atoms with van der Waals surface area (Å²) in [6, 6.07) is 9.13. The number of hydrogen-bond acceptors (Lipinski definition) is 3. The Bertz CT molecular complexity index is 782. The Hall–Kier alpha value is -2.52. The van der Waals surface area contributed by atoms with E-state index >= 15 is 0 Å². The van der Waals surface area contributed by atoms with Gasteiger partial charge in [0.1, 0.15) is 18.6 Å². The van der Waals surface area contributed by atoms with Gasteiger partial charge in [-0.3, -0.25) is 4.79 Å². The summed E-state index contributed by atoms with van der Waals surface area (Å²) >= 11 is 5.79. The maximum Gasteiger partial charge on any atom is 0.416 e. The lowest BCUT2D eigenvalue weighted by Crippen LogP contribution is -2.05. The highest BCUT2D eigenvalue weighted by atomic mass is 35.5. The van der Waals surface area contributed by atoms with Gasteiger partial charge in [-0.15, -0.1) is 0 Å². The summed E-state index contributed by atoms with van der Waals surface area (Å²) in [5.41, 5.74) is 0.250. The van der Waals surface area contributed by atoms with Gasteiger partial charge >= 0.3 is 6.18 Å². The first-order valence-corrected chi connectivity index (χ1v) is 6.70. The molecule has 0 atom stereocenters. The van der Waals surface area contributed by atoms with Crippen molar-refractivity contribution >= 4 is 17.9 Å². The third-order valence-corrected chi connectivity index (χ3v) is 3.23. The van der Waals surface area contributed by atoms with Crippen molar-refractivity contribution in [1.82, 2.24) is 0 Å². The molecule has 0 saturated heterocycles. The first kappa shape index (κ1) is 16.8. The molecule has 2 aromatic rings. The van der Waals surface area contributed by atoms with E-state index < -0.39 is 11.7 Å². The van der Waals surface area contributed by atoms with E-state index in [0.29, 0.717) is 17.4 Å². The van der Waals surface area contributed by atoms with E-state index in [4.69, 9.17) is 21.6 Å². The van der Waals surface area contributed by atoms with Crippen molar-refractivity contribution in [1.29, 1.82) is 5.26 Å². The molecule has 2 aromatic carbocycles. The van der Waals surface area contributed by atoms with Crippen molar-refractivity contribution in [3.8, 4) is 11.8 Å². The van der Waals surface area contributed by atoms with Gasteiger partial charge in [-0.2, -0.15) is 18.4 Å². The molecule has 0 radical (unpaired) electrons. The molecule has 0 spiro atoms. The summed E-state index contributed by atoms with van der Waals surface area (Å²) in [6.45, 7) is -0.0402. The highest BCUT2D eigenvalue weighted by Crippen LogP contribution is 2.34. The number of nitrogens with zero attached hydrogens (tertiary/aromatic N) is 1. The second-order valence-corrected chi connectivity index (χ2v) is 5.03. The van der Waals surface area contributed by atoms with Crippen LogP contribution >= 0.6 is 11.6 Å². The molecule has 0 aliphatic rings. The van der Waals surface area contributed by atoms with Gasteiger partial charge in [0.2, 0.25) is 0 Å². The molecule has 3 nitrogen and oxygen atoms in total. The Morgan fingerprint density at radius 1 is 1.22 bits per heavy atom. The van der Waals surface area contributed by atoms with E-state index in [0.717, 1.165) is 18.2 Å². The largest absolute Gasteiger partial charge is 0.487 e. The maximum absolute atomic E-state index is 12.6. The summed E-state index contributed by atoms with van der Waals surface area (Å²) < 4.78 is 43.0. The molecular formula is C16H9ClF3NO2. The predicted octanol–water partition coefficient (Wildman–Crippen LogP) is 4.62. The Morgan fingerprint density at radius 2 is 1.96 bits per heavy atom. The summed E-state index contributed by atoms with van der Waals surface area (Å²) in [5, 5.41) is 8.71. The summed E-state index contributed by atoms with van der Waals surface area (Å²) in [7, 11) is 0.